The van der Waals surface area contributed by atoms with E-state index in [1.54, 1.807) is 6.07 Å². The number of benzene rings is 1. The molecule has 0 saturated carbocycles. The van der Waals surface area contributed by atoms with E-state index in [0.717, 1.165) is 6.07 Å². The zero-order chi connectivity index (χ0) is 14.3. The van der Waals surface area contributed by atoms with Gasteiger partial charge < -0.3 is 5.11 Å². The van der Waals surface area contributed by atoms with Gasteiger partial charge in [-0.25, -0.2) is 4.39 Å². The van der Waals surface area contributed by atoms with Crippen molar-refractivity contribution in [3.05, 3.63) is 40.5 Å². The fourth-order valence-corrected chi connectivity index (χ4v) is 2.22. The Morgan fingerprint density at radius 3 is 2.47 bits per heavy atom. The predicted octanol–water partition coefficient (Wildman–Crippen LogP) is 3.72. The van der Waals surface area contributed by atoms with Crippen molar-refractivity contribution in [2.75, 3.05) is 6.67 Å². The van der Waals surface area contributed by atoms with Crippen LogP contribution in [0.5, 0.6) is 0 Å². The second kappa shape index (κ2) is 4.72. The van der Waals surface area contributed by atoms with Gasteiger partial charge in [-0.1, -0.05) is 28.1 Å². The van der Waals surface area contributed by atoms with E-state index >= 15 is 0 Å². The third kappa shape index (κ3) is 2.21. The Balaban J connectivity index is 2.79. The maximum atomic E-state index is 12.9. The summed E-state index contributed by atoms with van der Waals surface area (Å²) in [6.07, 6.45) is -3.84. The van der Waals surface area contributed by atoms with Gasteiger partial charge in [0.15, 0.2) is 0 Å². The standard InChI is InChI=1S/C12H8BrF4NO/c13-9-4-3-8(10-7(9)2-1-5-18-10)11(19,6-14)12(15,16)17/h1-5,19H,6H2. The van der Waals surface area contributed by atoms with E-state index in [1.807, 2.05) is 0 Å². The van der Waals surface area contributed by atoms with Gasteiger partial charge in [0.05, 0.1) is 5.52 Å². The van der Waals surface area contributed by atoms with Crippen LogP contribution in [0.1, 0.15) is 5.56 Å². The van der Waals surface area contributed by atoms with Gasteiger partial charge in [0.25, 0.3) is 0 Å². The average Bonchev–Trinajstić information content (AvgIpc) is 2.37. The van der Waals surface area contributed by atoms with Crippen molar-refractivity contribution in [2.24, 2.45) is 0 Å². The van der Waals surface area contributed by atoms with Crippen LogP contribution < -0.4 is 0 Å². The van der Waals surface area contributed by atoms with Crippen LogP contribution in [0.3, 0.4) is 0 Å². The number of halogens is 5. The summed E-state index contributed by atoms with van der Waals surface area (Å²) in [6, 6.07) is 5.42. The Bertz CT molecular complexity index is 616. The Hall–Kier alpha value is -1.21. The summed E-state index contributed by atoms with van der Waals surface area (Å²) in [6.45, 7) is -1.97. The summed E-state index contributed by atoms with van der Waals surface area (Å²) in [5.74, 6) is 0. The molecular weight excluding hydrogens is 330 g/mol. The van der Waals surface area contributed by atoms with Crippen molar-refractivity contribution in [3.8, 4) is 0 Å². The number of fused-ring (bicyclic) bond motifs is 1. The summed E-state index contributed by atoms with van der Waals surface area (Å²) >= 11 is 3.17. The van der Waals surface area contributed by atoms with Crippen LogP contribution in [0, 0.1) is 0 Å². The molecule has 1 N–H and O–H groups in total. The molecule has 0 spiro atoms. The molecule has 0 fully saturated rings. The first kappa shape index (κ1) is 14.2. The molecule has 0 aliphatic heterocycles. The van der Waals surface area contributed by atoms with Crippen molar-refractivity contribution in [1.82, 2.24) is 4.98 Å². The molecule has 1 heterocycles. The van der Waals surface area contributed by atoms with Gasteiger partial charge in [0.2, 0.25) is 5.60 Å². The van der Waals surface area contributed by atoms with Crippen molar-refractivity contribution in [1.29, 1.82) is 0 Å². The highest BCUT2D eigenvalue weighted by atomic mass is 79.9. The first-order chi connectivity index (χ1) is 8.81. The van der Waals surface area contributed by atoms with E-state index in [1.165, 1.54) is 18.3 Å². The molecule has 0 amide bonds. The predicted molar refractivity (Wildman–Crippen MR) is 65.4 cm³/mol. The number of aliphatic hydroxyl groups is 1. The van der Waals surface area contributed by atoms with E-state index in [0.29, 0.717) is 9.86 Å². The summed E-state index contributed by atoms with van der Waals surface area (Å²) in [7, 11) is 0. The van der Waals surface area contributed by atoms with Crippen molar-refractivity contribution in [3.63, 3.8) is 0 Å². The molecule has 2 nitrogen and oxygen atoms in total. The Kier molecular flexibility index (Phi) is 3.53. The molecule has 0 aliphatic carbocycles. The molecule has 102 valence electrons. The molecule has 1 unspecified atom stereocenters. The fourth-order valence-electron chi connectivity index (χ4n) is 1.77. The lowest BCUT2D eigenvalue weighted by atomic mass is 9.92. The van der Waals surface area contributed by atoms with Gasteiger partial charge >= 0.3 is 6.18 Å². The first-order valence-electron chi connectivity index (χ1n) is 5.20. The molecule has 2 rings (SSSR count). The molecule has 1 atom stereocenters. The number of aromatic nitrogens is 1. The first-order valence-corrected chi connectivity index (χ1v) is 5.99. The minimum absolute atomic E-state index is 0.0886. The topological polar surface area (TPSA) is 33.1 Å². The summed E-state index contributed by atoms with van der Waals surface area (Å²) in [5.41, 5.74) is -4.24. The number of pyridine rings is 1. The third-order valence-corrected chi connectivity index (χ3v) is 3.52. The molecule has 19 heavy (non-hydrogen) atoms. The minimum Gasteiger partial charge on any atom is -0.374 e. The number of rotatable bonds is 2. The van der Waals surface area contributed by atoms with Gasteiger partial charge in [-0.15, -0.1) is 0 Å². The summed E-state index contributed by atoms with van der Waals surface area (Å²) in [5, 5.41) is 10.0. The van der Waals surface area contributed by atoms with Gasteiger partial charge in [0.1, 0.15) is 6.67 Å². The average molecular weight is 338 g/mol. The maximum absolute atomic E-state index is 12.9. The SMILES string of the molecule is OC(CF)(c1ccc(Br)c2cccnc12)C(F)(F)F. The van der Waals surface area contributed by atoms with Crippen molar-refractivity contribution in [2.45, 2.75) is 11.8 Å². The minimum atomic E-state index is -5.12. The quantitative estimate of drug-likeness (QED) is 0.847. The van der Waals surface area contributed by atoms with Gasteiger partial charge in [-0.3, -0.25) is 4.98 Å². The number of alkyl halides is 4. The normalized spacial score (nSPS) is 15.5. The molecule has 0 saturated heterocycles. The highest BCUT2D eigenvalue weighted by Gasteiger charge is 2.56. The largest absolute Gasteiger partial charge is 0.424 e. The van der Waals surface area contributed by atoms with Gasteiger partial charge in [-0.05, 0) is 12.1 Å². The molecular formula is C12H8BrF4NO. The van der Waals surface area contributed by atoms with Gasteiger partial charge in [0, 0.05) is 21.6 Å². The van der Waals surface area contributed by atoms with Crippen LogP contribution in [-0.4, -0.2) is 22.9 Å². The smallest absolute Gasteiger partial charge is 0.374 e. The highest BCUT2D eigenvalue weighted by molar-refractivity contribution is 9.10. The van der Waals surface area contributed by atoms with E-state index in [2.05, 4.69) is 20.9 Å². The highest BCUT2D eigenvalue weighted by Crippen LogP contribution is 2.42. The van der Waals surface area contributed by atoms with Crippen LogP contribution in [-0.2, 0) is 5.60 Å². The van der Waals surface area contributed by atoms with E-state index in [-0.39, 0.29) is 5.52 Å². The van der Waals surface area contributed by atoms with Crippen LogP contribution in [0.15, 0.2) is 34.9 Å². The lowest BCUT2D eigenvalue weighted by Gasteiger charge is -2.28. The van der Waals surface area contributed by atoms with Crippen LogP contribution >= 0.6 is 15.9 Å². The maximum Gasteiger partial charge on any atom is 0.424 e. The Morgan fingerprint density at radius 1 is 1.21 bits per heavy atom. The summed E-state index contributed by atoms with van der Waals surface area (Å²) in [4.78, 5) is 3.81. The zero-order valence-electron chi connectivity index (χ0n) is 9.38. The Labute approximate surface area is 114 Å². The Morgan fingerprint density at radius 2 is 1.89 bits per heavy atom. The number of hydrogen-bond acceptors (Lipinski definition) is 2. The molecule has 1 aromatic carbocycles. The number of hydrogen-bond donors (Lipinski definition) is 1. The van der Waals surface area contributed by atoms with Crippen molar-refractivity contribution >= 4 is 26.8 Å². The molecule has 7 heteroatoms. The third-order valence-electron chi connectivity index (χ3n) is 2.82. The molecule has 0 radical (unpaired) electrons. The van der Waals surface area contributed by atoms with Gasteiger partial charge in [-0.2, -0.15) is 13.2 Å². The number of nitrogens with zero attached hydrogens (tertiary/aromatic N) is 1. The second-order valence-corrected chi connectivity index (χ2v) is 4.84. The second-order valence-electron chi connectivity index (χ2n) is 3.99. The zero-order valence-corrected chi connectivity index (χ0v) is 11.0. The van der Waals surface area contributed by atoms with Crippen LogP contribution in [0.25, 0.3) is 10.9 Å². The van der Waals surface area contributed by atoms with Crippen LogP contribution in [0.2, 0.25) is 0 Å². The van der Waals surface area contributed by atoms with Crippen molar-refractivity contribution < 1.29 is 22.7 Å². The van der Waals surface area contributed by atoms with E-state index < -0.39 is 24.0 Å². The monoisotopic (exact) mass is 337 g/mol. The molecule has 1 aromatic heterocycles. The molecule has 0 aliphatic rings. The lowest BCUT2D eigenvalue weighted by Crippen LogP contribution is -2.44. The van der Waals surface area contributed by atoms with Crippen LogP contribution in [0.4, 0.5) is 17.6 Å². The summed E-state index contributed by atoms with van der Waals surface area (Å²) < 4.78 is 52.0. The molecule has 2 aromatic rings. The lowest BCUT2D eigenvalue weighted by molar-refractivity contribution is -0.270. The van der Waals surface area contributed by atoms with E-state index in [4.69, 9.17) is 0 Å². The molecule has 0 bridgehead atoms. The fraction of sp³-hybridized carbons (Fsp3) is 0.250. The van der Waals surface area contributed by atoms with E-state index in [9.17, 15) is 22.7 Å².